The van der Waals surface area contributed by atoms with Crippen LogP contribution in [0.5, 0.6) is 5.75 Å². The summed E-state index contributed by atoms with van der Waals surface area (Å²) in [6, 6.07) is 8.77. The molecule has 0 aliphatic rings. The van der Waals surface area contributed by atoms with Crippen LogP contribution in [0, 0.1) is 0 Å². The van der Waals surface area contributed by atoms with Crippen molar-refractivity contribution in [3.05, 3.63) is 58.1 Å². The zero-order valence-corrected chi connectivity index (χ0v) is 13.0. The molecule has 8 heteroatoms. The van der Waals surface area contributed by atoms with E-state index >= 15 is 0 Å². The number of halogens is 5. The third kappa shape index (κ3) is 5.04. The lowest BCUT2D eigenvalue weighted by atomic mass is 10.2. The van der Waals surface area contributed by atoms with E-state index in [0.717, 1.165) is 12.1 Å². The maximum absolute atomic E-state index is 12.6. The van der Waals surface area contributed by atoms with Gasteiger partial charge in [-0.05, 0) is 36.4 Å². The molecule has 1 N–H and O–H groups in total. The van der Waals surface area contributed by atoms with Gasteiger partial charge in [-0.2, -0.15) is 13.2 Å². The van der Waals surface area contributed by atoms with E-state index < -0.39 is 24.3 Å². The van der Waals surface area contributed by atoms with Gasteiger partial charge in [-0.1, -0.05) is 29.3 Å². The first-order valence-corrected chi connectivity index (χ1v) is 7.06. The van der Waals surface area contributed by atoms with Crippen molar-refractivity contribution in [2.45, 2.75) is 6.18 Å². The monoisotopic (exact) mass is 363 g/mol. The quantitative estimate of drug-likeness (QED) is 0.827. The average molecular weight is 364 g/mol. The summed E-state index contributed by atoms with van der Waals surface area (Å²) >= 11 is 11.7. The largest absolute Gasteiger partial charge is 0.484 e. The van der Waals surface area contributed by atoms with Gasteiger partial charge < -0.3 is 10.1 Å². The Kier molecular flexibility index (Phi) is 5.38. The van der Waals surface area contributed by atoms with Gasteiger partial charge >= 0.3 is 6.18 Å². The second kappa shape index (κ2) is 7.10. The molecule has 0 heterocycles. The molecule has 23 heavy (non-hydrogen) atoms. The highest BCUT2D eigenvalue weighted by atomic mass is 35.5. The zero-order chi connectivity index (χ0) is 17.0. The molecular weight excluding hydrogens is 354 g/mol. The summed E-state index contributed by atoms with van der Waals surface area (Å²) in [6.45, 7) is -0.468. The third-order valence-electron chi connectivity index (χ3n) is 2.73. The minimum Gasteiger partial charge on any atom is -0.484 e. The third-order valence-corrected chi connectivity index (χ3v) is 3.30. The lowest BCUT2D eigenvalue weighted by Gasteiger charge is -2.11. The fraction of sp³-hybridized carbons (Fsp3) is 0.133. The average Bonchev–Trinajstić information content (AvgIpc) is 2.48. The number of hydrogen-bond donors (Lipinski definition) is 1. The Labute approximate surface area is 140 Å². The van der Waals surface area contributed by atoms with Crippen molar-refractivity contribution < 1.29 is 22.7 Å². The number of ether oxygens (including phenoxy) is 1. The Morgan fingerprint density at radius 3 is 2.57 bits per heavy atom. The topological polar surface area (TPSA) is 38.3 Å². The van der Waals surface area contributed by atoms with E-state index in [1.165, 1.54) is 24.3 Å². The molecule has 2 rings (SSSR count). The van der Waals surface area contributed by atoms with Crippen molar-refractivity contribution in [3.63, 3.8) is 0 Å². The second-order valence-corrected chi connectivity index (χ2v) is 5.33. The van der Waals surface area contributed by atoms with Gasteiger partial charge in [0.25, 0.3) is 5.91 Å². The predicted molar refractivity (Wildman–Crippen MR) is 82.0 cm³/mol. The Hall–Kier alpha value is -1.92. The summed E-state index contributed by atoms with van der Waals surface area (Å²) in [5.74, 6) is -0.640. The van der Waals surface area contributed by atoms with Crippen LogP contribution in [0.4, 0.5) is 18.9 Å². The van der Waals surface area contributed by atoms with Gasteiger partial charge in [0.1, 0.15) is 5.75 Å². The SMILES string of the molecule is O=C(COc1cccc(C(F)(F)F)c1)Nc1cc(Cl)ccc1Cl. The fourth-order valence-corrected chi connectivity index (χ4v) is 2.03. The molecule has 0 bridgehead atoms. The van der Waals surface area contributed by atoms with Crippen LogP contribution >= 0.6 is 23.2 Å². The summed E-state index contributed by atoms with van der Waals surface area (Å²) in [5.41, 5.74) is -0.565. The van der Waals surface area contributed by atoms with Crippen LogP contribution in [0.3, 0.4) is 0 Å². The minimum absolute atomic E-state index is 0.0628. The number of carbonyl (C=O) groups is 1. The lowest BCUT2D eigenvalue weighted by Crippen LogP contribution is -2.20. The van der Waals surface area contributed by atoms with Gasteiger partial charge in [-0.25, -0.2) is 0 Å². The molecule has 0 aromatic heterocycles. The molecule has 1 amide bonds. The molecule has 0 saturated heterocycles. The molecule has 0 atom stereocenters. The smallest absolute Gasteiger partial charge is 0.416 e. The molecule has 0 aliphatic heterocycles. The van der Waals surface area contributed by atoms with Gasteiger partial charge in [0.15, 0.2) is 6.61 Å². The van der Waals surface area contributed by atoms with E-state index in [-0.39, 0.29) is 16.5 Å². The van der Waals surface area contributed by atoms with Gasteiger partial charge in [-0.15, -0.1) is 0 Å². The molecule has 0 saturated carbocycles. The number of rotatable bonds is 4. The van der Waals surface area contributed by atoms with Crippen molar-refractivity contribution in [2.75, 3.05) is 11.9 Å². The Morgan fingerprint density at radius 2 is 1.87 bits per heavy atom. The number of anilines is 1. The highest BCUT2D eigenvalue weighted by Crippen LogP contribution is 2.31. The van der Waals surface area contributed by atoms with E-state index in [9.17, 15) is 18.0 Å². The van der Waals surface area contributed by atoms with Gasteiger partial charge in [0.2, 0.25) is 0 Å². The van der Waals surface area contributed by atoms with Crippen molar-refractivity contribution >= 4 is 34.8 Å². The number of alkyl halides is 3. The van der Waals surface area contributed by atoms with Crippen LogP contribution in [0.1, 0.15) is 5.56 Å². The lowest BCUT2D eigenvalue weighted by molar-refractivity contribution is -0.137. The van der Waals surface area contributed by atoms with Gasteiger partial charge in [-0.3, -0.25) is 4.79 Å². The molecule has 0 spiro atoms. The molecular formula is C15H10Cl2F3NO2. The number of benzene rings is 2. The Bertz CT molecular complexity index is 720. The number of nitrogens with one attached hydrogen (secondary N) is 1. The van der Waals surface area contributed by atoms with E-state index in [1.54, 1.807) is 6.07 Å². The maximum atomic E-state index is 12.6. The summed E-state index contributed by atoms with van der Waals surface area (Å²) in [4.78, 5) is 11.8. The highest BCUT2D eigenvalue weighted by molar-refractivity contribution is 6.35. The zero-order valence-electron chi connectivity index (χ0n) is 11.5. The van der Waals surface area contributed by atoms with Crippen LogP contribution in [0.15, 0.2) is 42.5 Å². The van der Waals surface area contributed by atoms with Crippen LogP contribution < -0.4 is 10.1 Å². The molecule has 3 nitrogen and oxygen atoms in total. The Morgan fingerprint density at radius 1 is 1.13 bits per heavy atom. The van der Waals surface area contributed by atoms with Crippen LogP contribution in [-0.2, 0) is 11.0 Å². The summed E-state index contributed by atoms with van der Waals surface area (Å²) < 4.78 is 42.8. The molecule has 0 aliphatic carbocycles. The maximum Gasteiger partial charge on any atom is 0.416 e. The molecule has 2 aromatic carbocycles. The van der Waals surface area contributed by atoms with Crippen LogP contribution in [-0.4, -0.2) is 12.5 Å². The van der Waals surface area contributed by atoms with Crippen LogP contribution in [0.2, 0.25) is 10.0 Å². The van der Waals surface area contributed by atoms with E-state index in [1.807, 2.05) is 0 Å². The van der Waals surface area contributed by atoms with E-state index in [0.29, 0.717) is 5.02 Å². The standard InChI is InChI=1S/C15H10Cl2F3NO2/c16-10-4-5-12(17)13(7-10)21-14(22)8-23-11-3-1-2-9(6-11)15(18,19)20/h1-7H,8H2,(H,21,22). The van der Waals surface area contributed by atoms with E-state index in [4.69, 9.17) is 27.9 Å². The summed E-state index contributed by atoms with van der Waals surface area (Å²) in [6.07, 6.45) is -4.48. The van der Waals surface area contributed by atoms with Crippen molar-refractivity contribution in [3.8, 4) is 5.75 Å². The van der Waals surface area contributed by atoms with Crippen LogP contribution in [0.25, 0.3) is 0 Å². The van der Waals surface area contributed by atoms with Crippen molar-refractivity contribution in [1.82, 2.24) is 0 Å². The highest BCUT2D eigenvalue weighted by Gasteiger charge is 2.30. The molecule has 122 valence electrons. The normalized spacial score (nSPS) is 11.2. The first-order chi connectivity index (χ1) is 10.8. The number of amides is 1. The minimum atomic E-state index is -4.48. The van der Waals surface area contributed by atoms with Gasteiger partial charge in [0.05, 0.1) is 16.3 Å². The first-order valence-electron chi connectivity index (χ1n) is 6.30. The Balaban J connectivity index is 1.98. The van der Waals surface area contributed by atoms with E-state index in [2.05, 4.69) is 5.32 Å². The molecule has 0 unspecified atom stereocenters. The fourth-order valence-electron chi connectivity index (χ4n) is 1.69. The molecule has 0 fully saturated rings. The number of carbonyl (C=O) groups excluding carboxylic acids is 1. The summed E-state index contributed by atoms with van der Waals surface area (Å²) in [5, 5.41) is 3.12. The summed E-state index contributed by atoms with van der Waals surface area (Å²) in [7, 11) is 0. The van der Waals surface area contributed by atoms with Crippen molar-refractivity contribution in [2.24, 2.45) is 0 Å². The molecule has 2 aromatic rings. The van der Waals surface area contributed by atoms with Gasteiger partial charge in [0, 0.05) is 5.02 Å². The molecule has 0 radical (unpaired) electrons. The number of hydrogen-bond acceptors (Lipinski definition) is 2. The second-order valence-electron chi connectivity index (χ2n) is 4.49. The predicted octanol–water partition coefficient (Wildman–Crippen LogP) is 5.03. The first kappa shape index (κ1) is 17.4. The van der Waals surface area contributed by atoms with Crippen molar-refractivity contribution in [1.29, 1.82) is 0 Å².